The van der Waals surface area contributed by atoms with Gasteiger partial charge in [-0.3, -0.25) is 4.79 Å². The number of carbonyl (C=O) groups excluding carboxylic acids is 1. The fourth-order valence-electron chi connectivity index (χ4n) is 2.54. The van der Waals surface area contributed by atoms with Crippen molar-refractivity contribution in [1.82, 2.24) is 15.5 Å². The summed E-state index contributed by atoms with van der Waals surface area (Å²) >= 11 is 0. The molecular formula is C20H27N3O4S. The second-order valence-electron chi connectivity index (χ2n) is 7.20. The maximum atomic E-state index is 12.4. The summed E-state index contributed by atoms with van der Waals surface area (Å²) in [7, 11) is -3.60. The molecule has 2 aromatic rings. The van der Waals surface area contributed by atoms with E-state index in [2.05, 4.69) is 29.4 Å². The number of hydrogen-bond donors (Lipinski definition) is 1. The van der Waals surface area contributed by atoms with E-state index in [9.17, 15) is 13.2 Å². The van der Waals surface area contributed by atoms with Crippen LogP contribution in [0.3, 0.4) is 0 Å². The number of carbonyl (C=O) groups is 1. The van der Waals surface area contributed by atoms with Crippen molar-refractivity contribution in [1.29, 1.82) is 0 Å². The highest BCUT2D eigenvalue weighted by Crippen LogP contribution is 2.24. The minimum Gasteiger partial charge on any atom is -0.410 e. The Morgan fingerprint density at radius 2 is 1.82 bits per heavy atom. The molecule has 0 bridgehead atoms. The summed E-state index contributed by atoms with van der Waals surface area (Å²) in [5, 5.41) is 9.77. The van der Waals surface area contributed by atoms with Gasteiger partial charge in [0.05, 0.1) is 0 Å². The lowest BCUT2D eigenvalue weighted by atomic mass is 9.99. The second-order valence-corrected chi connectivity index (χ2v) is 9.10. The Labute approximate surface area is 166 Å². The molecule has 0 saturated carbocycles. The number of amides is 1. The molecule has 1 amide bonds. The Morgan fingerprint density at radius 3 is 2.32 bits per heavy atom. The third-order valence-corrected chi connectivity index (χ3v) is 5.35. The first kappa shape index (κ1) is 21.8. The van der Waals surface area contributed by atoms with Crippen molar-refractivity contribution < 1.29 is 17.6 Å². The molecule has 2 rings (SSSR count). The number of aromatic nitrogens is 2. The fourth-order valence-corrected chi connectivity index (χ4v) is 2.97. The first-order chi connectivity index (χ1) is 13.1. The summed E-state index contributed by atoms with van der Waals surface area (Å²) < 4.78 is 28.4. The molecule has 0 aliphatic rings. The van der Waals surface area contributed by atoms with Crippen LogP contribution in [0.1, 0.15) is 63.1 Å². The van der Waals surface area contributed by atoms with Crippen LogP contribution < -0.4 is 5.32 Å². The van der Waals surface area contributed by atoms with Crippen molar-refractivity contribution in [3.05, 3.63) is 47.4 Å². The van der Waals surface area contributed by atoms with Gasteiger partial charge in [-0.25, -0.2) is 8.42 Å². The minimum absolute atomic E-state index is 0.0180. The van der Waals surface area contributed by atoms with Crippen LogP contribution in [0.2, 0.25) is 0 Å². The van der Waals surface area contributed by atoms with Crippen LogP contribution in [0.15, 0.2) is 40.0 Å². The molecule has 28 heavy (non-hydrogen) atoms. The van der Waals surface area contributed by atoms with Crippen molar-refractivity contribution in [3.63, 3.8) is 0 Å². The molecular weight excluding hydrogens is 378 g/mol. The monoisotopic (exact) mass is 405 g/mol. The minimum atomic E-state index is -3.60. The van der Waals surface area contributed by atoms with Crippen LogP contribution in [0.5, 0.6) is 0 Å². The van der Waals surface area contributed by atoms with Gasteiger partial charge in [0.1, 0.15) is 6.04 Å². The van der Waals surface area contributed by atoms with Gasteiger partial charge >= 0.3 is 5.22 Å². The summed E-state index contributed by atoms with van der Waals surface area (Å²) in [4.78, 5) is 12.4. The van der Waals surface area contributed by atoms with E-state index in [1.807, 2.05) is 38.1 Å². The topological polar surface area (TPSA) is 102 Å². The quantitative estimate of drug-likeness (QED) is 0.674. The molecule has 8 heteroatoms. The molecule has 1 aromatic carbocycles. The molecule has 152 valence electrons. The predicted octanol–water partition coefficient (Wildman–Crippen LogP) is 3.51. The van der Waals surface area contributed by atoms with Crippen molar-refractivity contribution in [2.24, 2.45) is 5.92 Å². The largest absolute Gasteiger partial charge is 0.410 e. The van der Waals surface area contributed by atoms with Crippen molar-refractivity contribution in [3.8, 4) is 0 Å². The van der Waals surface area contributed by atoms with E-state index >= 15 is 0 Å². The summed E-state index contributed by atoms with van der Waals surface area (Å²) in [6.45, 7) is 8.13. The molecule has 0 fully saturated rings. The maximum Gasteiger partial charge on any atom is 0.335 e. The van der Waals surface area contributed by atoms with Gasteiger partial charge in [-0.15, -0.1) is 5.10 Å². The van der Waals surface area contributed by atoms with Gasteiger partial charge in [-0.05, 0) is 29.0 Å². The predicted molar refractivity (Wildman–Crippen MR) is 107 cm³/mol. The average molecular weight is 406 g/mol. The molecule has 0 saturated heterocycles. The number of sulfone groups is 1. The van der Waals surface area contributed by atoms with Crippen LogP contribution in [-0.2, 0) is 14.6 Å². The van der Waals surface area contributed by atoms with Gasteiger partial charge in [0.2, 0.25) is 21.6 Å². The normalized spacial score (nSPS) is 14.4. The van der Waals surface area contributed by atoms with Crippen LogP contribution in [0, 0.1) is 5.92 Å². The molecule has 1 N–H and O–H groups in total. The zero-order valence-corrected chi connectivity index (χ0v) is 17.7. The summed E-state index contributed by atoms with van der Waals surface area (Å²) in [6, 6.07) is 7.42. The number of rotatable bonds is 8. The van der Waals surface area contributed by atoms with Gasteiger partial charge in [-0.1, -0.05) is 63.5 Å². The molecule has 1 heterocycles. The average Bonchev–Trinajstić information content (AvgIpc) is 3.14. The van der Waals surface area contributed by atoms with E-state index in [4.69, 9.17) is 4.42 Å². The van der Waals surface area contributed by atoms with Crippen molar-refractivity contribution in [2.45, 2.75) is 51.3 Å². The standard InChI is InChI=1S/C20H27N3O4S/c1-6-14(4)18(19-22-23-20(27-19)28(5,25)26)21-17(24)12-9-15-7-10-16(11-8-15)13(2)3/h7-14,18H,6H2,1-5H3,(H,21,24)/b12-9+/t14-,18+/m1/s1. The molecule has 7 nitrogen and oxygen atoms in total. The highest BCUT2D eigenvalue weighted by Gasteiger charge is 2.27. The lowest BCUT2D eigenvalue weighted by Gasteiger charge is -2.20. The zero-order valence-electron chi connectivity index (χ0n) is 16.8. The van der Waals surface area contributed by atoms with Gasteiger partial charge in [0.25, 0.3) is 0 Å². The van der Waals surface area contributed by atoms with E-state index in [0.29, 0.717) is 5.92 Å². The first-order valence-electron chi connectivity index (χ1n) is 9.23. The maximum absolute atomic E-state index is 12.4. The molecule has 0 aliphatic heterocycles. The van der Waals surface area contributed by atoms with Crippen molar-refractivity contribution >= 4 is 21.8 Å². The SMILES string of the molecule is CC[C@@H](C)[C@H](NC(=O)/C=C/c1ccc(C(C)C)cc1)c1nnc(S(C)(=O)=O)o1. The van der Waals surface area contributed by atoms with E-state index in [1.165, 1.54) is 11.6 Å². The Hall–Kier alpha value is -2.48. The smallest absolute Gasteiger partial charge is 0.335 e. The zero-order chi connectivity index (χ0) is 20.9. The Morgan fingerprint density at radius 1 is 1.18 bits per heavy atom. The third kappa shape index (κ3) is 5.76. The number of hydrogen-bond acceptors (Lipinski definition) is 6. The van der Waals surface area contributed by atoms with E-state index in [-0.39, 0.29) is 17.7 Å². The van der Waals surface area contributed by atoms with Crippen LogP contribution in [0.4, 0.5) is 0 Å². The summed E-state index contributed by atoms with van der Waals surface area (Å²) in [5.41, 5.74) is 2.15. The lowest BCUT2D eigenvalue weighted by molar-refractivity contribution is -0.117. The molecule has 1 aromatic heterocycles. The third-order valence-electron chi connectivity index (χ3n) is 4.55. The molecule has 0 aliphatic carbocycles. The van der Waals surface area contributed by atoms with E-state index in [1.54, 1.807) is 6.08 Å². The van der Waals surface area contributed by atoms with Gasteiger partial charge in [0.15, 0.2) is 0 Å². The Bertz CT molecular complexity index is 931. The molecule has 0 unspecified atom stereocenters. The fraction of sp³-hybridized carbons (Fsp3) is 0.450. The Kier molecular flexibility index (Phi) is 7.12. The molecule has 0 spiro atoms. The molecule has 2 atom stereocenters. The highest BCUT2D eigenvalue weighted by atomic mass is 32.2. The van der Waals surface area contributed by atoms with Crippen LogP contribution >= 0.6 is 0 Å². The Balaban J connectivity index is 2.13. The number of nitrogens with zero attached hydrogens (tertiary/aromatic N) is 2. The van der Waals surface area contributed by atoms with E-state index in [0.717, 1.165) is 18.2 Å². The molecule has 0 radical (unpaired) electrons. The van der Waals surface area contributed by atoms with Gasteiger partial charge in [0, 0.05) is 12.3 Å². The highest BCUT2D eigenvalue weighted by molar-refractivity contribution is 7.90. The van der Waals surface area contributed by atoms with Crippen molar-refractivity contribution in [2.75, 3.05) is 6.26 Å². The van der Waals surface area contributed by atoms with Crippen LogP contribution in [0.25, 0.3) is 6.08 Å². The van der Waals surface area contributed by atoms with E-state index < -0.39 is 21.1 Å². The number of benzene rings is 1. The first-order valence-corrected chi connectivity index (χ1v) is 11.1. The lowest BCUT2D eigenvalue weighted by Crippen LogP contribution is -2.31. The number of nitrogens with one attached hydrogen (secondary N) is 1. The van der Waals surface area contributed by atoms with Crippen LogP contribution in [-0.4, -0.2) is 30.8 Å². The van der Waals surface area contributed by atoms with Gasteiger partial charge in [-0.2, -0.15) is 0 Å². The summed E-state index contributed by atoms with van der Waals surface area (Å²) in [5.74, 6) is 0.189. The summed E-state index contributed by atoms with van der Waals surface area (Å²) in [6.07, 6.45) is 4.90. The second kappa shape index (κ2) is 9.14. The van der Waals surface area contributed by atoms with Gasteiger partial charge < -0.3 is 9.73 Å².